The minimum absolute atomic E-state index is 0.167. The highest BCUT2D eigenvalue weighted by atomic mass is 19.1. The van der Waals surface area contributed by atoms with Crippen LogP contribution in [-0.2, 0) is 6.54 Å². The van der Waals surface area contributed by atoms with Crippen LogP contribution in [0.5, 0.6) is 5.75 Å². The van der Waals surface area contributed by atoms with Gasteiger partial charge in [0.25, 0.3) is 0 Å². The quantitative estimate of drug-likeness (QED) is 0.749. The number of methoxy groups -OCH3 is 1. The monoisotopic (exact) mass is 292 g/mol. The van der Waals surface area contributed by atoms with E-state index in [1.54, 1.807) is 4.68 Å². The highest BCUT2D eigenvalue weighted by Gasteiger charge is 2.21. The number of likely N-dealkylation sites (N-methyl/N-ethyl adjacent to an activating group) is 1. The lowest BCUT2D eigenvalue weighted by atomic mass is 10.1. The molecule has 0 radical (unpaired) electrons. The van der Waals surface area contributed by atoms with E-state index in [-0.39, 0.29) is 11.3 Å². The van der Waals surface area contributed by atoms with E-state index in [2.05, 4.69) is 10.1 Å². The van der Waals surface area contributed by atoms with E-state index in [1.165, 1.54) is 19.5 Å². The van der Waals surface area contributed by atoms with Crippen molar-refractivity contribution in [1.82, 2.24) is 19.7 Å². The third-order valence-corrected chi connectivity index (χ3v) is 2.97. The van der Waals surface area contributed by atoms with Gasteiger partial charge in [0.1, 0.15) is 5.82 Å². The molecule has 0 saturated heterocycles. The van der Waals surface area contributed by atoms with Crippen molar-refractivity contribution in [2.45, 2.75) is 6.54 Å². The highest BCUT2D eigenvalue weighted by Crippen LogP contribution is 2.21. The Hall–Kier alpha value is -2.28. The van der Waals surface area contributed by atoms with Crippen LogP contribution < -0.4 is 4.74 Å². The molecule has 6 nitrogen and oxygen atoms in total. The molecule has 0 aliphatic rings. The van der Waals surface area contributed by atoms with Crippen molar-refractivity contribution in [1.29, 1.82) is 0 Å². The molecule has 0 N–H and O–H groups in total. The Kier molecular flexibility index (Phi) is 4.64. The van der Waals surface area contributed by atoms with Gasteiger partial charge < -0.3 is 9.64 Å². The van der Waals surface area contributed by atoms with E-state index in [9.17, 15) is 9.18 Å². The lowest BCUT2D eigenvalue weighted by molar-refractivity contribution is 0.102. The van der Waals surface area contributed by atoms with Crippen molar-refractivity contribution in [3.63, 3.8) is 0 Å². The zero-order valence-corrected chi connectivity index (χ0v) is 12.2. The number of ether oxygens (including phenoxy) is 1. The second-order valence-electron chi connectivity index (χ2n) is 4.81. The van der Waals surface area contributed by atoms with Crippen LogP contribution in [0, 0.1) is 5.82 Å². The van der Waals surface area contributed by atoms with Crippen LogP contribution in [0.2, 0.25) is 0 Å². The molecule has 0 fully saturated rings. The summed E-state index contributed by atoms with van der Waals surface area (Å²) < 4.78 is 20.0. The number of carbonyl (C=O) groups is 1. The van der Waals surface area contributed by atoms with Gasteiger partial charge in [-0.15, -0.1) is 0 Å². The SMILES string of the molecule is COc1cnn(CCN(C)C)c1C(=O)c1cncc(F)c1. The van der Waals surface area contributed by atoms with Crippen molar-refractivity contribution >= 4 is 5.78 Å². The fraction of sp³-hybridized carbons (Fsp3) is 0.357. The number of pyridine rings is 1. The fourth-order valence-corrected chi connectivity index (χ4v) is 1.88. The van der Waals surface area contributed by atoms with Gasteiger partial charge in [-0.25, -0.2) is 4.39 Å². The van der Waals surface area contributed by atoms with Gasteiger partial charge in [0.15, 0.2) is 11.4 Å². The van der Waals surface area contributed by atoms with Crippen LogP contribution in [-0.4, -0.2) is 53.2 Å². The van der Waals surface area contributed by atoms with Crippen molar-refractivity contribution < 1.29 is 13.9 Å². The summed E-state index contributed by atoms with van der Waals surface area (Å²) in [5.41, 5.74) is 0.464. The molecule has 2 heterocycles. The molecular formula is C14H17FN4O2. The molecule has 7 heteroatoms. The van der Waals surface area contributed by atoms with Crippen molar-refractivity contribution in [2.24, 2.45) is 0 Å². The van der Waals surface area contributed by atoms with Gasteiger partial charge >= 0.3 is 0 Å². The lowest BCUT2D eigenvalue weighted by Crippen LogP contribution is -2.22. The highest BCUT2D eigenvalue weighted by molar-refractivity contribution is 6.09. The standard InChI is InChI=1S/C14H17FN4O2/c1-18(2)4-5-19-13(12(21-3)9-17-19)14(20)10-6-11(15)8-16-7-10/h6-9H,4-5H2,1-3H3. The Morgan fingerprint density at radius 3 is 2.76 bits per heavy atom. The van der Waals surface area contributed by atoms with Crippen LogP contribution >= 0.6 is 0 Å². The van der Waals surface area contributed by atoms with Gasteiger partial charge in [0.2, 0.25) is 5.78 Å². The number of rotatable bonds is 6. The third kappa shape index (κ3) is 3.43. The zero-order chi connectivity index (χ0) is 15.4. The summed E-state index contributed by atoms with van der Waals surface area (Å²) in [5, 5.41) is 4.16. The number of nitrogens with zero attached hydrogens (tertiary/aromatic N) is 4. The van der Waals surface area contributed by atoms with Crippen LogP contribution in [0.1, 0.15) is 16.1 Å². The summed E-state index contributed by atoms with van der Waals surface area (Å²) in [6.07, 6.45) is 3.86. The van der Waals surface area contributed by atoms with Gasteiger partial charge in [-0.3, -0.25) is 14.5 Å². The summed E-state index contributed by atoms with van der Waals surface area (Å²) in [6, 6.07) is 1.15. The first-order valence-corrected chi connectivity index (χ1v) is 6.42. The molecule has 0 saturated carbocycles. The number of halogens is 1. The minimum Gasteiger partial charge on any atom is -0.493 e. The van der Waals surface area contributed by atoms with Crippen LogP contribution in [0.4, 0.5) is 4.39 Å². The van der Waals surface area contributed by atoms with E-state index in [4.69, 9.17) is 4.74 Å². The van der Waals surface area contributed by atoms with Crippen molar-refractivity contribution in [2.75, 3.05) is 27.7 Å². The normalized spacial score (nSPS) is 10.9. The molecule has 0 spiro atoms. The summed E-state index contributed by atoms with van der Waals surface area (Å²) in [5.74, 6) is -0.558. The first-order chi connectivity index (χ1) is 10.0. The number of carbonyl (C=O) groups excluding carboxylic acids is 1. The smallest absolute Gasteiger partial charge is 0.216 e. The predicted molar refractivity (Wildman–Crippen MR) is 75.0 cm³/mol. The summed E-state index contributed by atoms with van der Waals surface area (Å²) in [4.78, 5) is 18.2. The van der Waals surface area contributed by atoms with E-state index in [1.807, 2.05) is 19.0 Å². The molecule has 2 aromatic heterocycles. The molecule has 0 aliphatic carbocycles. The second-order valence-corrected chi connectivity index (χ2v) is 4.81. The average Bonchev–Trinajstić information content (AvgIpc) is 2.87. The van der Waals surface area contributed by atoms with E-state index in [0.717, 1.165) is 12.3 Å². The average molecular weight is 292 g/mol. The maximum Gasteiger partial charge on any atom is 0.216 e. The van der Waals surface area contributed by atoms with Gasteiger partial charge in [0.05, 0.1) is 26.0 Å². The topological polar surface area (TPSA) is 60.2 Å². The van der Waals surface area contributed by atoms with Gasteiger partial charge in [-0.2, -0.15) is 5.10 Å². The molecule has 0 amide bonds. The van der Waals surface area contributed by atoms with Crippen LogP contribution in [0.3, 0.4) is 0 Å². The molecule has 0 aromatic carbocycles. The summed E-state index contributed by atoms with van der Waals surface area (Å²) in [7, 11) is 5.32. The zero-order valence-electron chi connectivity index (χ0n) is 12.2. The Morgan fingerprint density at radius 2 is 2.14 bits per heavy atom. The van der Waals surface area contributed by atoms with E-state index in [0.29, 0.717) is 24.5 Å². The molecular weight excluding hydrogens is 275 g/mol. The number of hydrogen-bond acceptors (Lipinski definition) is 5. The number of hydrogen-bond donors (Lipinski definition) is 0. The maximum absolute atomic E-state index is 13.2. The van der Waals surface area contributed by atoms with Crippen molar-refractivity contribution in [3.05, 3.63) is 41.7 Å². The number of ketones is 1. The molecule has 2 aromatic rings. The Bertz CT molecular complexity index is 640. The third-order valence-electron chi connectivity index (χ3n) is 2.97. The first-order valence-electron chi connectivity index (χ1n) is 6.42. The Labute approximate surface area is 122 Å². The second kappa shape index (κ2) is 6.45. The van der Waals surface area contributed by atoms with Crippen LogP contribution in [0.25, 0.3) is 0 Å². The van der Waals surface area contributed by atoms with Gasteiger partial charge in [-0.1, -0.05) is 0 Å². The largest absolute Gasteiger partial charge is 0.493 e. The summed E-state index contributed by atoms with van der Waals surface area (Å²) in [6.45, 7) is 1.24. The maximum atomic E-state index is 13.2. The Balaban J connectivity index is 2.36. The molecule has 0 bridgehead atoms. The molecule has 0 aliphatic heterocycles. The van der Waals surface area contributed by atoms with E-state index < -0.39 is 5.82 Å². The molecule has 21 heavy (non-hydrogen) atoms. The van der Waals surface area contributed by atoms with E-state index >= 15 is 0 Å². The molecule has 0 unspecified atom stereocenters. The summed E-state index contributed by atoms with van der Waals surface area (Å²) >= 11 is 0. The van der Waals surface area contributed by atoms with Gasteiger partial charge in [-0.05, 0) is 20.2 Å². The van der Waals surface area contributed by atoms with Crippen molar-refractivity contribution in [3.8, 4) is 5.75 Å². The lowest BCUT2D eigenvalue weighted by Gasteiger charge is -2.12. The number of aromatic nitrogens is 3. The predicted octanol–water partition coefficient (Wildman–Crippen LogP) is 1.22. The molecule has 0 atom stereocenters. The van der Waals surface area contributed by atoms with Crippen LogP contribution in [0.15, 0.2) is 24.7 Å². The van der Waals surface area contributed by atoms with Gasteiger partial charge in [0, 0.05) is 18.3 Å². The first kappa shape index (κ1) is 15.1. The fourth-order valence-electron chi connectivity index (χ4n) is 1.88. The minimum atomic E-state index is -0.556. The molecule has 2 rings (SSSR count). The molecule has 112 valence electrons. The Morgan fingerprint density at radius 1 is 1.38 bits per heavy atom.